The molecule has 3 N–H and O–H groups in total. The first-order valence-corrected chi connectivity index (χ1v) is 4.14. The van der Waals surface area contributed by atoms with Crippen molar-refractivity contribution in [1.82, 2.24) is 5.32 Å². The second-order valence-electron chi connectivity index (χ2n) is 2.54. The Morgan fingerprint density at radius 2 is 2.21 bits per heavy atom. The third kappa shape index (κ3) is 3.02. The lowest BCUT2D eigenvalue weighted by Gasteiger charge is -2.05. The fourth-order valence-electron chi connectivity index (χ4n) is 0.838. The topological polar surface area (TPSA) is 64.3 Å². The summed E-state index contributed by atoms with van der Waals surface area (Å²) < 4.78 is 17.6. The van der Waals surface area contributed by atoms with E-state index in [0.717, 1.165) is 0 Å². The van der Waals surface area contributed by atoms with Crippen molar-refractivity contribution in [3.8, 4) is 5.75 Å². The van der Waals surface area contributed by atoms with Crippen LogP contribution in [0, 0.1) is 5.82 Å². The molecule has 1 aromatic rings. The lowest BCUT2D eigenvalue weighted by Crippen LogP contribution is -2.31. The molecular formula is C9H11FN2O2. The van der Waals surface area contributed by atoms with E-state index in [0.29, 0.717) is 13.1 Å². The average Bonchev–Trinajstić information content (AvgIpc) is 2.18. The van der Waals surface area contributed by atoms with Crippen LogP contribution in [0.1, 0.15) is 0 Å². The third-order valence-electron chi connectivity index (χ3n) is 1.45. The van der Waals surface area contributed by atoms with E-state index in [2.05, 4.69) is 10.1 Å². The Labute approximate surface area is 80.9 Å². The van der Waals surface area contributed by atoms with E-state index in [9.17, 15) is 9.18 Å². The van der Waals surface area contributed by atoms with Crippen LogP contribution in [0.25, 0.3) is 0 Å². The highest BCUT2D eigenvalue weighted by atomic mass is 19.1. The van der Waals surface area contributed by atoms with Crippen LogP contribution in [-0.4, -0.2) is 19.2 Å². The summed E-state index contributed by atoms with van der Waals surface area (Å²) in [5, 5.41) is 2.36. The largest absolute Gasteiger partial charge is 0.412 e. The van der Waals surface area contributed by atoms with Crippen LogP contribution >= 0.6 is 0 Å². The highest BCUT2D eigenvalue weighted by molar-refractivity contribution is 5.70. The minimum absolute atomic E-state index is 0.0954. The van der Waals surface area contributed by atoms with Crippen molar-refractivity contribution in [3.63, 3.8) is 0 Å². The van der Waals surface area contributed by atoms with Gasteiger partial charge in [0, 0.05) is 13.1 Å². The lowest BCUT2D eigenvalue weighted by atomic mass is 10.3. The minimum atomic E-state index is -0.708. The normalized spacial score (nSPS) is 9.57. The quantitative estimate of drug-likeness (QED) is 0.757. The molecule has 0 unspecified atom stereocenters. The number of ether oxygens (including phenoxy) is 1. The molecule has 1 rings (SSSR count). The van der Waals surface area contributed by atoms with Crippen LogP contribution in [0.15, 0.2) is 24.3 Å². The zero-order valence-electron chi connectivity index (χ0n) is 7.50. The van der Waals surface area contributed by atoms with Crippen LogP contribution in [0.2, 0.25) is 0 Å². The third-order valence-corrected chi connectivity index (χ3v) is 1.45. The molecule has 0 fully saturated rings. The standard InChI is InChI=1S/C9H11FN2O2/c10-7-3-1-2-4-8(7)14-9(13)12-6-5-11/h1-4H,5-6,11H2,(H,12,13). The first-order valence-electron chi connectivity index (χ1n) is 4.14. The van der Waals surface area contributed by atoms with Crippen molar-refractivity contribution >= 4 is 6.09 Å². The summed E-state index contributed by atoms with van der Waals surface area (Å²) in [5.41, 5.74) is 5.16. The first-order chi connectivity index (χ1) is 6.74. The second kappa shape index (κ2) is 5.18. The monoisotopic (exact) mass is 198 g/mol. The van der Waals surface area contributed by atoms with E-state index in [1.807, 2.05) is 0 Å². The van der Waals surface area contributed by atoms with Crippen molar-refractivity contribution in [2.75, 3.05) is 13.1 Å². The van der Waals surface area contributed by atoms with Crippen LogP contribution in [0.4, 0.5) is 9.18 Å². The van der Waals surface area contributed by atoms with Gasteiger partial charge in [-0.25, -0.2) is 9.18 Å². The van der Waals surface area contributed by atoms with Gasteiger partial charge in [0.1, 0.15) is 0 Å². The average molecular weight is 198 g/mol. The van der Waals surface area contributed by atoms with E-state index in [1.165, 1.54) is 18.2 Å². The number of para-hydroxylation sites is 1. The van der Waals surface area contributed by atoms with Crippen molar-refractivity contribution < 1.29 is 13.9 Å². The number of rotatable bonds is 3. The number of halogens is 1. The van der Waals surface area contributed by atoms with Crippen molar-refractivity contribution in [2.45, 2.75) is 0 Å². The SMILES string of the molecule is NCCNC(=O)Oc1ccccc1F. The maximum Gasteiger partial charge on any atom is 0.412 e. The molecule has 5 heteroatoms. The van der Waals surface area contributed by atoms with Gasteiger partial charge in [0.15, 0.2) is 11.6 Å². The number of benzene rings is 1. The summed E-state index contributed by atoms with van der Waals surface area (Å²) in [6.45, 7) is 0.611. The van der Waals surface area contributed by atoms with E-state index < -0.39 is 11.9 Å². The zero-order valence-corrected chi connectivity index (χ0v) is 7.50. The highest BCUT2D eigenvalue weighted by Gasteiger charge is 2.06. The number of hydrogen-bond donors (Lipinski definition) is 2. The highest BCUT2D eigenvalue weighted by Crippen LogP contribution is 2.14. The summed E-state index contributed by atoms with van der Waals surface area (Å²) in [6, 6.07) is 5.68. The molecule has 4 nitrogen and oxygen atoms in total. The van der Waals surface area contributed by atoms with Crippen LogP contribution in [0.5, 0.6) is 5.75 Å². The summed E-state index contributed by atoms with van der Waals surface area (Å²) in [5.74, 6) is -0.669. The van der Waals surface area contributed by atoms with E-state index in [4.69, 9.17) is 5.73 Å². The number of nitrogens with two attached hydrogens (primary N) is 1. The van der Waals surface area contributed by atoms with Gasteiger partial charge in [-0.3, -0.25) is 0 Å². The van der Waals surface area contributed by atoms with Gasteiger partial charge in [0.25, 0.3) is 0 Å². The fourth-order valence-corrected chi connectivity index (χ4v) is 0.838. The fraction of sp³-hybridized carbons (Fsp3) is 0.222. The summed E-state index contributed by atoms with van der Waals surface area (Å²) >= 11 is 0. The first kappa shape index (κ1) is 10.5. The Kier molecular flexibility index (Phi) is 3.87. The van der Waals surface area contributed by atoms with E-state index in [-0.39, 0.29) is 5.75 Å². The molecule has 0 atom stereocenters. The molecule has 0 bridgehead atoms. The molecule has 0 aliphatic heterocycles. The maximum absolute atomic E-state index is 12.9. The predicted octanol–water partition coefficient (Wildman–Crippen LogP) is 0.873. The molecule has 0 spiro atoms. The van der Waals surface area contributed by atoms with Gasteiger partial charge in [0.2, 0.25) is 0 Å². The van der Waals surface area contributed by atoms with Crippen molar-refractivity contribution in [1.29, 1.82) is 0 Å². The smallest absolute Gasteiger partial charge is 0.407 e. The molecule has 76 valence electrons. The van der Waals surface area contributed by atoms with Gasteiger partial charge < -0.3 is 15.8 Å². The minimum Gasteiger partial charge on any atom is -0.407 e. The number of hydrogen-bond acceptors (Lipinski definition) is 3. The summed E-state index contributed by atoms with van der Waals surface area (Å²) in [6.07, 6.45) is -0.708. The molecule has 0 saturated carbocycles. The molecule has 0 aliphatic carbocycles. The molecule has 0 heterocycles. The van der Waals surface area contributed by atoms with Gasteiger partial charge >= 0.3 is 6.09 Å². The number of amides is 1. The number of carbonyl (C=O) groups is 1. The van der Waals surface area contributed by atoms with Crippen LogP contribution in [-0.2, 0) is 0 Å². The van der Waals surface area contributed by atoms with Gasteiger partial charge in [-0.2, -0.15) is 0 Å². The molecule has 1 amide bonds. The molecule has 0 saturated heterocycles. The number of carbonyl (C=O) groups excluding carboxylic acids is 1. The zero-order chi connectivity index (χ0) is 10.4. The Morgan fingerprint density at radius 3 is 2.86 bits per heavy atom. The van der Waals surface area contributed by atoms with E-state index in [1.54, 1.807) is 6.07 Å². The Bertz CT molecular complexity index is 317. The van der Waals surface area contributed by atoms with Gasteiger partial charge in [-0.05, 0) is 12.1 Å². The lowest BCUT2D eigenvalue weighted by molar-refractivity contribution is 0.198. The molecule has 0 aliphatic rings. The number of nitrogens with one attached hydrogen (secondary N) is 1. The maximum atomic E-state index is 12.9. The van der Waals surface area contributed by atoms with Crippen molar-refractivity contribution in [3.05, 3.63) is 30.1 Å². The molecule has 1 aromatic carbocycles. The second-order valence-corrected chi connectivity index (χ2v) is 2.54. The van der Waals surface area contributed by atoms with Gasteiger partial charge in [-0.15, -0.1) is 0 Å². The summed E-state index contributed by atoms with van der Waals surface area (Å²) in [4.78, 5) is 11.0. The molecule has 0 aromatic heterocycles. The van der Waals surface area contributed by atoms with Crippen LogP contribution < -0.4 is 15.8 Å². The Balaban J connectivity index is 2.52. The van der Waals surface area contributed by atoms with Crippen LogP contribution in [0.3, 0.4) is 0 Å². The van der Waals surface area contributed by atoms with Gasteiger partial charge in [-0.1, -0.05) is 12.1 Å². The predicted molar refractivity (Wildman–Crippen MR) is 49.5 cm³/mol. The molecule has 0 radical (unpaired) electrons. The molecule has 14 heavy (non-hydrogen) atoms. The molecular weight excluding hydrogens is 187 g/mol. The summed E-state index contributed by atoms with van der Waals surface area (Å²) in [7, 11) is 0. The van der Waals surface area contributed by atoms with Crippen molar-refractivity contribution in [2.24, 2.45) is 5.73 Å². The van der Waals surface area contributed by atoms with Gasteiger partial charge in [0.05, 0.1) is 0 Å². The Hall–Kier alpha value is -1.62. The Morgan fingerprint density at radius 1 is 1.50 bits per heavy atom. The van der Waals surface area contributed by atoms with E-state index >= 15 is 0 Å².